The molecule has 3 heteroatoms. The molecule has 0 radical (unpaired) electrons. The molecule has 0 aromatic rings. The van der Waals surface area contributed by atoms with Crippen molar-refractivity contribution in [2.45, 2.75) is 51.9 Å². The van der Waals surface area contributed by atoms with Crippen LogP contribution >= 0.6 is 0 Å². The van der Waals surface area contributed by atoms with Gasteiger partial charge >= 0.3 is 0 Å². The van der Waals surface area contributed by atoms with Crippen molar-refractivity contribution in [3.63, 3.8) is 0 Å². The largest absolute Gasteiger partial charge is 0.355 e. The molecule has 0 bridgehead atoms. The predicted octanol–water partition coefficient (Wildman–Crippen LogP) is 2.07. The molecule has 0 spiro atoms. The quantitative estimate of drug-likeness (QED) is 0.787. The first-order valence-corrected chi connectivity index (χ1v) is 7.24. The van der Waals surface area contributed by atoms with Gasteiger partial charge in [-0.2, -0.15) is 0 Å². The lowest BCUT2D eigenvalue weighted by Crippen LogP contribution is -2.43. The lowest BCUT2D eigenvalue weighted by molar-refractivity contribution is -0.126. The summed E-state index contributed by atoms with van der Waals surface area (Å²) in [6.45, 7) is 5.10. The smallest absolute Gasteiger partial charge is 0.224 e. The molecule has 0 unspecified atom stereocenters. The van der Waals surface area contributed by atoms with Gasteiger partial charge in [0.05, 0.1) is 5.92 Å². The minimum atomic E-state index is 0.207. The Morgan fingerprint density at radius 2 is 2.12 bits per heavy atom. The molecule has 1 saturated carbocycles. The van der Waals surface area contributed by atoms with E-state index in [1.54, 1.807) is 0 Å². The Labute approximate surface area is 105 Å². The number of carbonyl (C=O) groups is 1. The van der Waals surface area contributed by atoms with E-state index >= 15 is 0 Å². The summed E-state index contributed by atoms with van der Waals surface area (Å²) >= 11 is 0. The van der Waals surface area contributed by atoms with Crippen LogP contribution in [0.1, 0.15) is 51.9 Å². The fourth-order valence-corrected chi connectivity index (χ4v) is 3.27. The lowest BCUT2D eigenvalue weighted by Gasteiger charge is -2.29. The van der Waals surface area contributed by atoms with E-state index in [0.29, 0.717) is 5.41 Å². The van der Waals surface area contributed by atoms with Crippen LogP contribution in [-0.4, -0.2) is 25.5 Å². The first-order valence-electron chi connectivity index (χ1n) is 7.24. The Balaban J connectivity index is 1.78. The zero-order valence-corrected chi connectivity index (χ0v) is 11.1. The van der Waals surface area contributed by atoms with E-state index < -0.39 is 0 Å². The van der Waals surface area contributed by atoms with Gasteiger partial charge in [-0.15, -0.1) is 0 Å². The Bertz CT molecular complexity index is 253. The van der Waals surface area contributed by atoms with Crippen LogP contribution in [0.15, 0.2) is 0 Å². The molecule has 0 aromatic heterocycles. The number of hydrogen-bond donors (Lipinski definition) is 2. The molecule has 1 atom stereocenters. The van der Waals surface area contributed by atoms with Crippen LogP contribution in [-0.2, 0) is 4.79 Å². The van der Waals surface area contributed by atoms with E-state index in [1.165, 1.54) is 32.1 Å². The van der Waals surface area contributed by atoms with Crippen molar-refractivity contribution < 1.29 is 4.79 Å². The highest BCUT2D eigenvalue weighted by Crippen LogP contribution is 2.40. The Morgan fingerprint density at radius 1 is 1.35 bits per heavy atom. The Morgan fingerprint density at radius 3 is 2.71 bits per heavy atom. The highest BCUT2D eigenvalue weighted by Gasteiger charge is 2.33. The fraction of sp³-hybridized carbons (Fsp3) is 0.929. The van der Waals surface area contributed by atoms with Gasteiger partial charge in [0.1, 0.15) is 0 Å². The van der Waals surface area contributed by atoms with Crippen molar-refractivity contribution >= 4 is 5.91 Å². The Kier molecular flexibility index (Phi) is 4.43. The van der Waals surface area contributed by atoms with Gasteiger partial charge in [0.2, 0.25) is 5.91 Å². The molecule has 1 heterocycles. The molecule has 2 rings (SSSR count). The monoisotopic (exact) mass is 238 g/mol. The van der Waals surface area contributed by atoms with Crippen molar-refractivity contribution in [3.8, 4) is 0 Å². The van der Waals surface area contributed by atoms with Gasteiger partial charge in [0, 0.05) is 13.1 Å². The normalized spacial score (nSPS) is 27.9. The number of carbonyl (C=O) groups excluding carboxylic acids is 1. The maximum Gasteiger partial charge on any atom is 0.224 e. The first kappa shape index (κ1) is 12.9. The van der Waals surface area contributed by atoms with Crippen molar-refractivity contribution in [3.05, 3.63) is 0 Å². The summed E-state index contributed by atoms with van der Waals surface area (Å²) in [7, 11) is 0. The third-order valence-corrected chi connectivity index (χ3v) is 4.72. The van der Waals surface area contributed by atoms with Gasteiger partial charge in [-0.05, 0) is 44.1 Å². The van der Waals surface area contributed by atoms with Crippen LogP contribution in [0, 0.1) is 11.3 Å². The molecule has 1 amide bonds. The summed E-state index contributed by atoms with van der Waals surface area (Å²) in [6.07, 6.45) is 8.67. The second kappa shape index (κ2) is 5.85. The molecule has 3 nitrogen and oxygen atoms in total. The van der Waals surface area contributed by atoms with Crippen LogP contribution in [0.5, 0.6) is 0 Å². The molecule has 1 saturated heterocycles. The minimum absolute atomic E-state index is 0.207. The van der Waals surface area contributed by atoms with Gasteiger partial charge in [-0.3, -0.25) is 4.79 Å². The average molecular weight is 238 g/mol. The second-order valence-electron chi connectivity index (χ2n) is 5.82. The zero-order chi connectivity index (χ0) is 12.1. The number of amides is 1. The summed E-state index contributed by atoms with van der Waals surface area (Å²) in [5, 5.41) is 6.51. The van der Waals surface area contributed by atoms with Gasteiger partial charge in [-0.25, -0.2) is 0 Å². The van der Waals surface area contributed by atoms with Gasteiger partial charge < -0.3 is 10.6 Å². The molecule has 0 aromatic carbocycles. The molecular weight excluding hydrogens is 212 g/mol. The third kappa shape index (κ3) is 3.21. The molecular formula is C14H26N2O. The number of hydrogen-bond acceptors (Lipinski definition) is 2. The third-order valence-electron chi connectivity index (χ3n) is 4.72. The van der Waals surface area contributed by atoms with E-state index in [1.807, 2.05) is 0 Å². The number of piperidine rings is 1. The molecule has 98 valence electrons. The summed E-state index contributed by atoms with van der Waals surface area (Å²) in [4.78, 5) is 12.1. The highest BCUT2D eigenvalue weighted by molar-refractivity contribution is 5.79. The molecule has 2 fully saturated rings. The zero-order valence-electron chi connectivity index (χ0n) is 11.1. The topological polar surface area (TPSA) is 41.1 Å². The molecule has 2 aliphatic rings. The standard InChI is InChI=1S/C14H26N2O/c1-2-14(7-3-4-8-14)11-16-13(17)12-6-5-9-15-10-12/h12,15H,2-11H2,1H3,(H,16,17)/t12-/m0/s1. The number of nitrogens with one attached hydrogen (secondary N) is 2. The summed E-state index contributed by atoms with van der Waals surface area (Å²) in [5.41, 5.74) is 0.414. The van der Waals surface area contributed by atoms with E-state index in [2.05, 4.69) is 17.6 Å². The van der Waals surface area contributed by atoms with E-state index in [4.69, 9.17) is 0 Å². The maximum absolute atomic E-state index is 12.1. The summed E-state index contributed by atoms with van der Waals surface area (Å²) < 4.78 is 0. The van der Waals surface area contributed by atoms with Crippen molar-refractivity contribution in [2.75, 3.05) is 19.6 Å². The second-order valence-corrected chi connectivity index (χ2v) is 5.82. The molecule has 1 aliphatic carbocycles. The van der Waals surface area contributed by atoms with E-state index in [-0.39, 0.29) is 11.8 Å². The van der Waals surface area contributed by atoms with Crippen LogP contribution < -0.4 is 10.6 Å². The summed E-state index contributed by atoms with van der Waals surface area (Å²) in [6, 6.07) is 0. The molecule has 2 N–H and O–H groups in total. The summed E-state index contributed by atoms with van der Waals surface area (Å²) in [5.74, 6) is 0.482. The van der Waals surface area contributed by atoms with Crippen molar-refractivity contribution in [2.24, 2.45) is 11.3 Å². The maximum atomic E-state index is 12.1. The van der Waals surface area contributed by atoms with Crippen molar-refractivity contribution in [1.29, 1.82) is 0 Å². The van der Waals surface area contributed by atoms with Crippen LogP contribution in [0.4, 0.5) is 0 Å². The lowest BCUT2D eigenvalue weighted by atomic mass is 9.83. The molecule has 1 aliphatic heterocycles. The van der Waals surface area contributed by atoms with Gasteiger partial charge in [0.25, 0.3) is 0 Å². The minimum Gasteiger partial charge on any atom is -0.355 e. The van der Waals surface area contributed by atoms with E-state index in [0.717, 1.165) is 32.5 Å². The Hall–Kier alpha value is -0.570. The van der Waals surface area contributed by atoms with E-state index in [9.17, 15) is 4.79 Å². The predicted molar refractivity (Wildman–Crippen MR) is 69.8 cm³/mol. The SMILES string of the molecule is CCC1(CNC(=O)[C@H]2CCCNC2)CCCC1. The first-order chi connectivity index (χ1) is 8.26. The van der Waals surface area contributed by atoms with Crippen molar-refractivity contribution in [1.82, 2.24) is 10.6 Å². The van der Waals surface area contributed by atoms with Crippen LogP contribution in [0.2, 0.25) is 0 Å². The van der Waals surface area contributed by atoms with Gasteiger partial charge in [0.15, 0.2) is 0 Å². The average Bonchev–Trinajstić information content (AvgIpc) is 2.86. The van der Waals surface area contributed by atoms with Gasteiger partial charge in [-0.1, -0.05) is 19.8 Å². The number of rotatable bonds is 4. The van der Waals surface area contributed by atoms with Crippen LogP contribution in [0.25, 0.3) is 0 Å². The molecule has 17 heavy (non-hydrogen) atoms. The van der Waals surface area contributed by atoms with Crippen LogP contribution in [0.3, 0.4) is 0 Å². The highest BCUT2D eigenvalue weighted by atomic mass is 16.1. The fourth-order valence-electron chi connectivity index (χ4n) is 3.27.